The molecular formula is C23H22N4O6. The van der Waals surface area contributed by atoms with Crippen LogP contribution in [-0.4, -0.2) is 28.6 Å². The molecule has 0 aliphatic heterocycles. The smallest absolute Gasteiger partial charge is 0.310 e. The van der Waals surface area contributed by atoms with Gasteiger partial charge in [0.1, 0.15) is 5.76 Å². The molecule has 0 aliphatic carbocycles. The van der Waals surface area contributed by atoms with Crippen molar-refractivity contribution in [3.05, 3.63) is 87.9 Å². The topological polar surface area (TPSA) is 136 Å². The first kappa shape index (κ1) is 23.2. The first-order valence-corrected chi connectivity index (χ1v) is 9.97. The molecule has 33 heavy (non-hydrogen) atoms. The minimum absolute atomic E-state index is 0.0129. The van der Waals surface area contributed by atoms with E-state index in [4.69, 9.17) is 9.15 Å². The van der Waals surface area contributed by atoms with Crippen LogP contribution in [0, 0.1) is 17.0 Å². The molecule has 2 amide bonds. The van der Waals surface area contributed by atoms with Crippen molar-refractivity contribution in [1.29, 1.82) is 0 Å². The van der Waals surface area contributed by atoms with Gasteiger partial charge in [0.2, 0.25) is 0 Å². The maximum Gasteiger partial charge on any atom is 0.310 e. The Balaban J connectivity index is 1.63. The summed E-state index contributed by atoms with van der Waals surface area (Å²) in [7, 11) is 0. The zero-order chi connectivity index (χ0) is 24.0. The van der Waals surface area contributed by atoms with Crippen LogP contribution in [0.25, 0.3) is 0 Å². The number of nitro groups is 1. The number of rotatable bonds is 8. The summed E-state index contributed by atoms with van der Waals surface area (Å²) >= 11 is 0. The third kappa shape index (κ3) is 6.03. The van der Waals surface area contributed by atoms with Crippen molar-refractivity contribution < 1.29 is 23.7 Å². The summed E-state index contributed by atoms with van der Waals surface area (Å²) in [6, 6.07) is 16.0. The van der Waals surface area contributed by atoms with Gasteiger partial charge < -0.3 is 14.5 Å². The molecule has 170 valence electrons. The van der Waals surface area contributed by atoms with Crippen LogP contribution in [0.5, 0.6) is 5.75 Å². The summed E-state index contributed by atoms with van der Waals surface area (Å²) in [6.07, 6.45) is -1.02. The number of hydrazone groups is 1. The second kappa shape index (κ2) is 10.2. The van der Waals surface area contributed by atoms with E-state index in [2.05, 4.69) is 15.8 Å². The number of nitrogens with one attached hydrogen (secondary N) is 2. The second-order valence-corrected chi connectivity index (χ2v) is 7.10. The average molecular weight is 450 g/mol. The van der Waals surface area contributed by atoms with Gasteiger partial charge in [-0.05, 0) is 56.7 Å². The van der Waals surface area contributed by atoms with Crippen molar-refractivity contribution in [1.82, 2.24) is 5.43 Å². The molecule has 3 aromatic rings. The van der Waals surface area contributed by atoms with Crippen molar-refractivity contribution in [3.8, 4) is 5.75 Å². The van der Waals surface area contributed by atoms with Gasteiger partial charge in [0, 0.05) is 11.8 Å². The number of aryl methyl sites for hydroxylation is 1. The van der Waals surface area contributed by atoms with Crippen LogP contribution in [0.4, 0.5) is 11.4 Å². The molecule has 0 radical (unpaired) electrons. The zero-order valence-corrected chi connectivity index (χ0v) is 18.2. The number of hydrogen-bond acceptors (Lipinski definition) is 7. The third-order valence-electron chi connectivity index (χ3n) is 4.57. The first-order chi connectivity index (χ1) is 15.7. The number of carbonyl (C=O) groups excluding carboxylic acids is 2. The lowest BCUT2D eigenvalue weighted by atomic mass is 10.1. The standard InChI is InChI=1S/C23H22N4O6/c1-14-11-12-21(32-14)23(29)24-18-8-6-7-17(13-18)15(2)25-26-22(28)16(3)33-20-10-5-4-9-19(20)27(30)31/h4-13,16H,1-3H3,(H,24,29)(H,26,28)/t16-/m0/s1. The molecule has 10 heteroatoms. The van der Waals surface area contributed by atoms with Crippen LogP contribution in [0.3, 0.4) is 0 Å². The van der Waals surface area contributed by atoms with Crippen molar-refractivity contribution >= 4 is 28.9 Å². The van der Waals surface area contributed by atoms with E-state index in [1.807, 2.05) is 0 Å². The fourth-order valence-electron chi connectivity index (χ4n) is 2.82. The number of anilines is 1. The van der Waals surface area contributed by atoms with Crippen molar-refractivity contribution in [2.45, 2.75) is 26.9 Å². The second-order valence-electron chi connectivity index (χ2n) is 7.10. The number of nitrogens with zero attached hydrogens (tertiary/aromatic N) is 2. The van der Waals surface area contributed by atoms with E-state index in [1.165, 1.54) is 25.1 Å². The lowest BCUT2D eigenvalue weighted by Crippen LogP contribution is -2.34. The maximum absolute atomic E-state index is 12.4. The molecule has 1 atom stereocenters. The molecule has 10 nitrogen and oxygen atoms in total. The van der Waals surface area contributed by atoms with Gasteiger partial charge in [-0.3, -0.25) is 19.7 Å². The van der Waals surface area contributed by atoms with Gasteiger partial charge in [-0.15, -0.1) is 0 Å². The largest absolute Gasteiger partial charge is 0.474 e. The number of hydrogen-bond donors (Lipinski definition) is 2. The highest BCUT2D eigenvalue weighted by atomic mass is 16.6. The Bertz CT molecular complexity index is 1220. The number of ether oxygens (including phenoxy) is 1. The number of nitro benzene ring substituents is 1. The SMILES string of the molecule is CC(=NNC(=O)[C@H](C)Oc1ccccc1[N+](=O)[O-])c1cccc(NC(=O)c2ccc(C)o2)c1. The average Bonchev–Trinajstić information content (AvgIpc) is 3.24. The quantitative estimate of drug-likeness (QED) is 0.302. The van der Waals surface area contributed by atoms with Crippen LogP contribution >= 0.6 is 0 Å². The highest BCUT2D eigenvalue weighted by Gasteiger charge is 2.20. The molecule has 0 unspecified atom stereocenters. The Morgan fingerprint density at radius 2 is 1.88 bits per heavy atom. The van der Waals surface area contributed by atoms with Gasteiger partial charge >= 0.3 is 5.69 Å². The van der Waals surface area contributed by atoms with Crippen LogP contribution in [-0.2, 0) is 4.79 Å². The number of para-hydroxylation sites is 2. The van der Waals surface area contributed by atoms with E-state index in [-0.39, 0.29) is 23.1 Å². The van der Waals surface area contributed by atoms with E-state index < -0.39 is 16.9 Å². The van der Waals surface area contributed by atoms with Crippen LogP contribution in [0.1, 0.15) is 35.7 Å². The van der Waals surface area contributed by atoms with Crippen LogP contribution in [0.2, 0.25) is 0 Å². The normalized spacial score (nSPS) is 12.0. The lowest BCUT2D eigenvalue weighted by Gasteiger charge is -2.13. The fraction of sp³-hybridized carbons (Fsp3) is 0.174. The van der Waals surface area contributed by atoms with Crippen LogP contribution < -0.4 is 15.5 Å². The zero-order valence-electron chi connectivity index (χ0n) is 18.2. The highest BCUT2D eigenvalue weighted by Crippen LogP contribution is 2.26. The van der Waals surface area contributed by atoms with Crippen molar-refractivity contribution in [3.63, 3.8) is 0 Å². The predicted octanol–water partition coefficient (Wildman–Crippen LogP) is 4.06. The maximum atomic E-state index is 12.4. The van der Waals surface area contributed by atoms with Gasteiger partial charge in [-0.25, -0.2) is 5.43 Å². The van der Waals surface area contributed by atoms with Crippen molar-refractivity contribution in [2.24, 2.45) is 5.10 Å². The molecule has 0 saturated carbocycles. The van der Waals surface area contributed by atoms with E-state index >= 15 is 0 Å². The van der Waals surface area contributed by atoms with Crippen molar-refractivity contribution in [2.75, 3.05) is 5.32 Å². The lowest BCUT2D eigenvalue weighted by molar-refractivity contribution is -0.386. The van der Waals surface area contributed by atoms with E-state index in [0.717, 1.165) is 0 Å². The van der Waals surface area contributed by atoms with Gasteiger partial charge in [0.05, 0.1) is 10.6 Å². The molecule has 0 bridgehead atoms. The minimum Gasteiger partial charge on any atom is -0.474 e. The van der Waals surface area contributed by atoms with Gasteiger partial charge in [-0.1, -0.05) is 24.3 Å². The molecule has 0 fully saturated rings. The number of amides is 2. The molecular weight excluding hydrogens is 428 g/mol. The number of benzene rings is 2. The monoisotopic (exact) mass is 450 g/mol. The van der Waals surface area contributed by atoms with Gasteiger partial charge in [0.25, 0.3) is 11.8 Å². The Labute approximate surface area is 189 Å². The van der Waals surface area contributed by atoms with Gasteiger partial charge in [-0.2, -0.15) is 5.10 Å². The Kier molecular flexibility index (Phi) is 7.19. The molecule has 3 rings (SSSR count). The Morgan fingerprint density at radius 1 is 1.12 bits per heavy atom. The number of carbonyl (C=O) groups is 2. The summed E-state index contributed by atoms with van der Waals surface area (Å²) in [5, 5.41) is 17.9. The van der Waals surface area contributed by atoms with E-state index in [0.29, 0.717) is 22.7 Å². The summed E-state index contributed by atoms with van der Waals surface area (Å²) in [5.74, 6) is -0.147. The third-order valence-corrected chi connectivity index (χ3v) is 4.57. The highest BCUT2D eigenvalue weighted by molar-refractivity contribution is 6.04. The van der Waals surface area contributed by atoms with E-state index in [1.54, 1.807) is 56.3 Å². The Morgan fingerprint density at radius 3 is 2.58 bits per heavy atom. The molecule has 2 aromatic carbocycles. The molecule has 1 aromatic heterocycles. The number of furan rings is 1. The van der Waals surface area contributed by atoms with Gasteiger partial charge in [0.15, 0.2) is 17.6 Å². The molecule has 0 spiro atoms. The molecule has 0 saturated heterocycles. The molecule has 0 aliphatic rings. The summed E-state index contributed by atoms with van der Waals surface area (Å²) in [6.45, 7) is 4.90. The van der Waals surface area contributed by atoms with Crippen LogP contribution in [0.15, 0.2) is 70.2 Å². The minimum atomic E-state index is -1.02. The predicted molar refractivity (Wildman–Crippen MR) is 121 cm³/mol. The molecule has 1 heterocycles. The summed E-state index contributed by atoms with van der Waals surface area (Å²) in [5.41, 5.74) is 3.82. The summed E-state index contributed by atoms with van der Waals surface area (Å²) in [4.78, 5) is 35.1. The molecule has 2 N–H and O–H groups in total. The first-order valence-electron chi connectivity index (χ1n) is 9.97. The Hall–Kier alpha value is -4.47. The fourth-order valence-corrected chi connectivity index (χ4v) is 2.82. The van der Waals surface area contributed by atoms with E-state index in [9.17, 15) is 19.7 Å². The summed E-state index contributed by atoms with van der Waals surface area (Å²) < 4.78 is 10.7.